The van der Waals surface area contributed by atoms with Gasteiger partial charge in [-0.15, -0.1) is 0 Å². The second-order valence-electron chi connectivity index (χ2n) is 6.02. The molecule has 2 atom stereocenters. The third kappa shape index (κ3) is 3.44. The van der Waals surface area contributed by atoms with Crippen molar-refractivity contribution in [3.63, 3.8) is 0 Å². The summed E-state index contributed by atoms with van der Waals surface area (Å²) in [5.41, 5.74) is 6.95. The average Bonchev–Trinajstić information content (AvgIpc) is 2.92. The topological polar surface area (TPSA) is 73.4 Å². The third-order valence-electron chi connectivity index (χ3n) is 4.66. The van der Waals surface area contributed by atoms with Gasteiger partial charge in [-0.25, -0.2) is 4.68 Å². The van der Waals surface area contributed by atoms with Gasteiger partial charge in [0.1, 0.15) is 0 Å². The first kappa shape index (κ1) is 14.5. The van der Waals surface area contributed by atoms with Gasteiger partial charge in [-0.3, -0.25) is 4.79 Å². The highest BCUT2D eigenvalue weighted by Crippen LogP contribution is 2.26. The molecule has 2 N–H and O–H groups in total. The molecule has 116 valence electrons. The smallest absolute Gasteiger partial charge is 0.268 e. The zero-order valence-electron chi connectivity index (χ0n) is 12.4. The second-order valence-corrected chi connectivity index (χ2v) is 6.02. The van der Waals surface area contributed by atoms with Crippen molar-refractivity contribution in [1.29, 1.82) is 0 Å². The minimum absolute atomic E-state index is 0.0226. The van der Waals surface area contributed by atoms with Crippen LogP contribution in [0.4, 0.5) is 5.69 Å². The van der Waals surface area contributed by atoms with Gasteiger partial charge in [-0.1, -0.05) is 6.42 Å². The van der Waals surface area contributed by atoms with E-state index in [-0.39, 0.29) is 5.56 Å². The monoisotopic (exact) mass is 292 g/mol. The molecule has 2 fully saturated rings. The summed E-state index contributed by atoms with van der Waals surface area (Å²) in [4.78, 5) is 14.3. The minimum atomic E-state index is -0.0226. The Bertz CT molecular complexity index is 525. The average molecular weight is 292 g/mol. The molecule has 2 aliphatic rings. The molecule has 1 aliphatic heterocycles. The van der Waals surface area contributed by atoms with E-state index in [1.807, 2.05) is 0 Å². The van der Waals surface area contributed by atoms with Crippen molar-refractivity contribution in [2.24, 2.45) is 11.7 Å². The van der Waals surface area contributed by atoms with E-state index < -0.39 is 0 Å². The van der Waals surface area contributed by atoms with Crippen molar-refractivity contribution in [3.05, 3.63) is 22.6 Å². The molecule has 6 nitrogen and oxygen atoms in total. The van der Waals surface area contributed by atoms with Crippen molar-refractivity contribution < 1.29 is 4.74 Å². The first-order valence-electron chi connectivity index (χ1n) is 7.89. The lowest BCUT2D eigenvalue weighted by Gasteiger charge is -2.28. The largest absolute Gasteiger partial charge is 0.378 e. The number of ether oxygens (including phenoxy) is 1. The predicted molar refractivity (Wildman–Crippen MR) is 81.5 cm³/mol. The van der Waals surface area contributed by atoms with Crippen LogP contribution in [0.1, 0.15) is 25.7 Å². The molecule has 2 unspecified atom stereocenters. The summed E-state index contributed by atoms with van der Waals surface area (Å²) in [5, 5.41) is 4.32. The number of nitrogens with zero attached hydrogens (tertiary/aromatic N) is 3. The summed E-state index contributed by atoms with van der Waals surface area (Å²) in [6.07, 6.45) is 6.25. The Morgan fingerprint density at radius 3 is 2.81 bits per heavy atom. The summed E-state index contributed by atoms with van der Waals surface area (Å²) < 4.78 is 6.89. The molecule has 0 amide bonds. The third-order valence-corrected chi connectivity index (χ3v) is 4.66. The Kier molecular flexibility index (Phi) is 4.55. The van der Waals surface area contributed by atoms with E-state index in [0.29, 0.717) is 31.7 Å². The Hall–Kier alpha value is -1.40. The number of nitrogens with two attached hydrogens (primary N) is 1. The maximum absolute atomic E-state index is 12.2. The molecule has 0 bridgehead atoms. The van der Waals surface area contributed by atoms with E-state index in [1.54, 1.807) is 16.9 Å². The van der Waals surface area contributed by atoms with Crippen molar-refractivity contribution >= 4 is 5.69 Å². The molecule has 21 heavy (non-hydrogen) atoms. The van der Waals surface area contributed by atoms with Crippen molar-refractivity contribution in [1.82, 2.24) is 9.78 Å². The second kappa shape index (κ2) is 6.58. The number of hydrogen-bond acceptors (Lipinski definition) is 5. The molecule has 1 aromatic heterocycles. The van der Waals surface area contributed by atoms with Gasteiger partial charge in [-0.05, 0) is 25.2 Å². The molecule has 0 radical (unpaired) electrons. The van der Waals surface area contributed by atoms with Crippen LogP contribution in [0.5, 0.6) is 0 Å². The Balaban J connectivity index is 1.62. The van der Waals surface area contributed by atoms with Gasteiger partial charge in [0.25, 0.3) is 5.56 Å². The van der Waals surface area contributed by atoms with Crippen molar-refractivity contribution in [3.8, 4) is 0 Å². The molecule has 1 saturated heterocycles. The fourth-order valence-electron chi connectivity index (χ4n) is 3.30. The quantitative estimate of drug-likeness (QED) is 0.879. The SMILES string of the molecule is NC1CCCC1CCn1ncc(N2CCOCC2)cc1=O. The molecule has 6 heteroatoms. The fraction of sp³-hybridized carbons (Fsp3) is 0.733. The zero-order valence-corrected chi connectivity index (χ0v) is 12.4. The van der Waals surface area contributed by atoms with Crippen LogP contribution in [0.25, 0.3) is 0 Å². The van der Waals surface area contributed by atoms with Gasteiger partial charge in [-0.2, -0.15) is 5.10 Å². The molecule has 2 heterocycles. The number of aromatic nitrogens is 2. The Labute approximate surface area is 124 Å². The highest BCUT2D eigenvalue weighted by molar-refractivity contribution is 5.43. The maximum atomic E-state index is 12.2. The molecule has 0 spiro atoms. The maximum Gasteiger partial charge on any atom is 0.268 e. The van der Waals surface area contributed by atoms with Crippen LogP contribution in [-0.2, 0) is 11.3 Å². The standard InChI is InChI=1S/C15H24N4O2/c16-14-3-1-2-12(14)4-5-19-15(20)10-13(11-17-19)18-6-8-21-9-7-18/h10-12,14H,1-9,16H2. The summed E-state index contributed by atoms with van der Waals surface area (Å²) in [6, 6.07) is 1.99. The molecule has 0 aromatic carbocycles. The lowest BCUT2D eigenvalue weighted by atomic mass is 10.0. The highest BCUT2D eigenvalue weighted by Gasteiger charge is 2.23. The number of hydrogen-bond donors (Lipinski definition) is 1. The van der Waals surface area contributed by atoms with Crippen LogP contribution in [0, 0.1) is 5.92 Å². The fourth-order valence-corrected chi connectivity index (χ4v) is 3.30. The van der Waals surface area contributed by atoms with E-state index >= 15 is 0 Å². The van der Waals surface area contributed by atoms with Gasteiger partial charge in [0.2, 0.25) is 0 Å². The summed E-state index contributed by atoms with van der Waals surface area (Å²) in [5.74, 6) is 0.539. The lowest BCUT2D eigenvalue weighted by molar-refractivity contribution is 0.122. The number of rotatable bonds is 4. The summed E-state index contributed by atoms with van der Waals surface area (Å²) in [6.45, 7) is 3.73. The number of aryl methyl sites for hydroxylation is 1. The van der Waals surface area contributed by atoms with E-state index in [9.17, 15) is 4.79 Å². The van der Waals surface area contributed by atoms with Crippen molar-refractivity contribution in [2.45, 2.75) is 38.3 Å². The summed E-state index contributed by atoms with van der Waals surface area (Å²) in [7, 11) is 0. The lowest BCUT2D eigenvalue weighted by Crippen LogP contribution is -2.37. The minimum Gasteiger partial charge on any atom is -0.378 e. The first-order chi connectivity index (χ1) is 10.2. The van der Waals surface area contributed by atoms with E-state index in [0.717, 1.165) is 31.6 Å². The van der Waals surface area contributed by atoms with Gasteiger partial charge in [0, 0.05) is 31.7 Å². The van der Waals surface area contributed by atoms with Gasteiger partial charge in [0.15, 0.2) is 0 Å². The van der Waals surface area contributed by atoms with Crippen LogP contribution in [0.3, 0.4) is 0 Å². The van der Waals surface area contributed by atoms with Crippen LogP contribution in [0.15, 0.2) is 17.1 Å². The number of anilines is 1. The van der Waals surface area contributed by atoms with Gasteiger partial charge < -0.3 is 15.4 Å². The highest BCUT2D eigenvalue weighted by atomic mass is 16.5. The van der Waals surface area contributed by atoms with E-state index in [4.69, 9.17) is 10.5 Å². The van der Waals surface area contributed by atoms with Gasteiger partial charge >= 0.3 is 0 Å². The van der Waals surface area contributed by atoms with Crippen LogP contribution in [-0.4, -0.2) is 42.1 Å². The van der Waals surface area contributed by atoms with Gasteiger partial charge in [0.05, 0.1) is 25.1 Å². The molecule has 3 rings (SSSR count). The zero-order chi connectivity index (χ0) is 14.7. The van der Waals surface area contributed by atoms with Crippen LogP contribution in [0.2, 0.25) is 0 Å². The molecular weight excluding hydrogens is 268 g/mol. The number of morpholine rings is 1. The predicted octanol–water partition coefficient (Wildman–Crippen LogP) is 0.597. The Morgan fingerprint density at radius 1 is 1.33 bits per heavy atom. The normalized spacial score (nSPS) is 26.2. The van der Waals surface area contributed by atoms with Crippen LogP contribution < -0.4 is 16.2 Å². The summed E-state index contributed by atoms with van der Waals surface area (Å²) >= 11 is 0. The van der Waals surface area contributed by atoms with E-state index in [1.165, 1.54) is 12.8 Å². The first-order valence-corrected chi connectivity index (χ1v) is 7.89. The molecule has 1 saturated carbocycles. The van der Waals surface area contributed by atoms with E-state index in [2.05, 4.69) is 10.00 Å². The van der Waals surface area contributed by atoms with Crippen molar-refractivity contribution in [2.75, 3.05) is 31.2 Å². The van der Waals surface area contributed by atoms with Crippen LogP contribution >= 0.6 is 0 Å². The molecule has 1 aliphatic carbocycles. The Morgan fingerprint density at radius 2 is 2.14 bits per heavy atom. The molecule has 1 aromatic rings. The molecular formula is C15H24N4O2.